The van der Waals surface area contributed by atoms with Crippen molar-refractivity contribution in [1.29, 1.82) is 0 Å². The lowest BCUT2D eigenvalue weighted by atomic mass is 9.97. The molecule has 0 saturated carbocycles. The largest absolute Gasteiger partial charge is 0.425 e. The summed E-state index contributed by atoms with van der Waals surface area (Å²) in [6.45, 7) is 6.51. The van der Waals surface area contributed by atoms with Crippen LogP contribution in [0, 0.1) is 5.41 Å². The third kappa shape index (κ3) is 5.13. The van der Waals surface area contributed by atoms with Gasteiger partial charge in [-0.2, -0.15) is 0 Å². The minimum Gasteiger partial charge on any atom is -0.425 e. The quantitative estimate of drug-likeness (QED) is 0.463. The van der Waals surface area contributed by atoms with E-state index in [1.54, 1.807) is 39.0 Å². The Morgan fingerprint density at radius 2 is 1.76 bits per heavy atom. The first-order valence-electron chi connectivity index (χ1n) is 8.14. The van der Waals surface area contributed by atoms with Crippen LogP contribution < -0.4 is 15.4 Å². The van der Waals surface area contributed by atoms with E-state index in [2.05, 4.69) is 10.6 Å². The molecule has 0 aliphatic carbocycles. The van der Waals surface area contributed by atoms with Gasteiger partial charge in [-0.15, -0.1) is 0 Å². The number of hydrogen-bond donors (Lipinski definition) is 2. The lowest BCUT2D eigenvalue weighted by Gasteiger charge is -2.18. The molecule has 1 aromatic rings. The predicted molar refractivity (Wildman–Crippen MR) is 99.6 cm³/mol. The maximum Gasteiger partial charge on any atom is 0.316 e. The van der Waals surface area contributed by atoms with Crippen LogP contribution >= 0.6 is 23.2 Å². The monoisotopic (exact) mass is 384 g/mol. The molecule has 0 spiro atoms. The Kier molecular flexibility index (Phi) is 6.36. The van der Waals surface area contributed by atoms with Gasteiger partial charge in [0.05, 0.1) is 16.0 Å². The van der Waals surface area contributed by atoms with Gasteiger partial charge in [-0.1, -0.05) is 29.3 Å². The summed E-state index contributed by atoms with van der Waals surface area (Å²) in [6.07, 6.45) is 1.77. The van der Waals surface area contributed by atoms with Gasteiger partial charge in [0.1, 0.15) is 10.9 Å². The standard InChI is InChI=1S/C18H22Cl2N2O3/c1-18(2,3)17(24)25-13-10-11(6-7-12(13)19)14-15(20)21-8-4-5-9-22-16(14)23/h6-7,10,21H,4-5,8-9H2,1-3H3,(H,22,23)/b15-14-. The lowest BCUT2D eigenvalue weighted by Crippen LogP contribution is -2.27. The summed E-state index contributed by atoms with van der Waals surface area (Å²) in [7, 11) is 0. The number of benzene rings is 1. The summed E-state index contributed by atoms with van der Waals surface area (Å²) in [5.74, 6) is -0.498. The third-order valence-electron chi connectivity index (χ3n) is 3.65. The molecule has 5 nitrogen and oxygen atoms in total. The Balaban J connectivity index is 2.40. The highest BCUT2D eigenvalue weighted by molar-refractivity contribution is 6.39. The van der Waals surface area contributed by atoms with Gasteiger partial charge in [0.2, 0.25) is 0 Å². The topological polar surface area (TPSA) is 67.4 Å². The second-order valence-corrected chi connectivity index (χ2v) is 7.65. The molecule has 0 bridgehead atoms. The summed E-state index contributed by atoms with van der Waals surface area (Å²) in [4.78, 5) is 24.6. The molecule has 7 heteroatoms. The average Bonchev–Trinajstić information content (AvgIpc) is 2.60. The van der Waals surface area contributed by atoms with E-state index in [1.807, 2.05) is 0 Å². The molecule has 1 amide bonds. The Hall–Kier alpha value is -1.72. The van der Waals surface area contributed by atoms with Gasteiger partial charge in [0.25, 0.3) is 5.91 Å². The number of ether oxygens (including phenoxy) is 1. The Bertz CT molecular complexity index is 709. The first-order valence-corrected chi connectivity index (χ1v) is 8.90. The van der Waals surface area contributed by atoms with Crippen molar-refractivity contribution in [3.05, 3.63) is 33.9 Å². The van der Waals surface area contributed by atoms with E-state index in [9.17, 15) is 9.59 Å². The zero-order valence-corrected chi connectivity index (χ0v) is 16.1. The van der Waals surface area contributed by atoms with Gasteiger partial charge in [0, 0.05) is 13.1 Å². The van der Waals surface area contributed by atoms with E-state index in [0.717, 1.165) is 12.8 Å². The fourth-order valence-corrected chi connectivity index (χ4v) is 2.62. The van der Waals surface area contributed by atoms with Crippen molar-refractivity contribution in [1.82, 2.24) is 10.6 Å². The molecule has 25 heavy (non-hydrogen) atoms. The number of hydrogen-bond acceptors (Lipinski definition) is 4. The fourth-order valence-electron chi connectivity index (χ4n) is 2.17. The Morgan fingerprint density at radius 1 is 1.12 bits per heavy atom. The van der Waals surface area contributed by atoms with Gasteiger partial charge >= 0.3 is 5.97 Å². The molecule has 1 heterocycles. The van der Waals surface area contributed by atoms with Gasteiger partial charge in [-0.3, -0.25) is 9.59 Å². The second-order valence-electron chi connectivity index (χ2n) is 6.86. The number of amides is 1. The molecule has 1 aliphatic heterocycles. The average molecular weight is 385 g/mol. The number of halogens is 2. The third-order valence-corrected chi connectivity index (χ3v) is 4.29. The molecular formula is C18H22Cl2N2O3. The molecule has 136 valence electrons. The summed E-state index contributed by atoms with van der Waals surface area (Å²) in [5.41, 5.74) is 0.152. The van der Waals surface area contributed by atoms with Gasteiger partial charge in [0.15, 0.2) is 0 Å². The Morgan fingerprint density at radius 3 is 2.40 bits per heavy atom. The van der Waals surface area contributed by atoms with Crippen LogP contribution in [0.15, 0.2) is 23.4 Å². The van der Waals surface area contributed by atoms with Crippen LogP contribution in [0.3, 0.4) is 0 Å². The molecular weight excluding hydrogens is 363 g/mol. The maximum absolute atomic E-state index is 12.5. The maximum atomic E-state index is 12.5. The van der Waals surface area contributed by atoms with Gasteiger partial charge < -0.3 is 15.4 Å². The first kappa shape index (κ1) is 19.6. The summed E-state index contributed by atoms with van der Waals surface area (Å²) < 4.78 is 5.40. The molecule has 1 aliphatic rings. The highest BCUT2D eigenvalue weighted by atomic mass is 35.5. The van der Waals surface area contributed by atoms with Crippen LogP contribution in [0.1, 0.15) is 39.2 Å². The summed E-state index contributed by atoms with van der Waals surface area (Å²) >= 11 is 12.4. The SMILES string of the molecule is CC(C)(C)C(=O)Oc1cc(/C2=C(\Cl)NCCCCNC2=O)ccc1Cl. The van der Waals surface area contributed by atoms with Crippen molar-refractivity contribution in [2.45, 2.75) is 33.6 Å². The van der Waals surface area contributed by atoms with Crippen molar-refractivity contribution >= 4 is 40.7 Å². The van der Waals surface area contributed by atoms with Crippen LogP contribution in [0.25, 0.3) is 5.57 Å². The first-order chi connectivity index (χ1) is 11.7. The van der Waals surface area contributed by atoms with E-state index in [4.69, 9.17) is 27.9 Å². The van der Waals surface area contributed by atoms with E-state index in [-0.39, 0.29) is 21.8 Å². The van der Waals surface area contributed by atoms with Crippen LogP contribution in [-0.4, -0.2) is 25.0 Å². The van der Waals surface area contributed by atoms with Crippen LogP contribution in [0.2, 0.25) is 5.02 Å². The minimum absolute atomic E-state index is 0.198. The molecule has 0 unspecified atom stereocenters. The predicted octanol–water partition coefficient (Wildman–Crippen LogP) is 3.70. The van der Waals surface area contributed by atoms with Crippen molar-refractivity contribution in [3.8, 4) is 5.75 Å². The van der Waals surface area contributed by atoms with Gasteiger partial charge in [-0.05, 0) is 51.3 Å². The van der Waals surface area contributed by atoms with E-state index >= 15 is 0 Å². The molecule has 0 aromatic heterocycles. The number of carbonyl (C=O) groups excluding carboxylic acids is 2. The lowest BCUT2D eigenvalue weighted by molar-refractivity contribution is -0.143. The number of rotatable bonds is 2. The fraction of sp³-hybridized carbons (Fsp3) is 0.444. The summed E-state index contributed by atoms with van der Waals surface area (Å²) in [5, 5.41) is 6.43. The zero-order chi connectivity index (χ0) is 18.6. The van der Waals surface area contributed by atoms with Crippen molar-refractivity contribution in [2.75, 3.05) is 13.1 Å². The molecule has 0 saturated heterocycles. The van der Waals surface area contributed by atoms with E-state index in [1.165, 1.54) is 0 Å². The number of carbonyl (C=O) groups is 2. The second kappa shape index (κ2) is 8.11. The number of nitrogens with one attached hydrogen (secondary N) is 2. The smallest absolute Gasteiger partial charge is 0.316 e. The van der Waals surface area contributed by atoms with Crippen molar-refractivity contribution < 1.29 is 14.3 Å². The summed E-state index contributed by atoms with van der Waals surface area (Å²) in [6, 6.07) is 4.82. The van der Waals surface area contributed by atoms with Crippen molar-refractivity contribution in [3.63, 3.8) is 0 Å². The molecule has 1 aromatic carbocycles. The van der Waals surface area contributed by atoms with Gasteiger partial charge in [-0.25, -0.2) is 0 Å². The molecule has 0 atom stereocenters. The van der Waals surface area contributed by atoms with Crippen molar-refractivity contribution in [2.24, 2.45) is 5.41 Å². The minimum atomic E-state index is -0.673. The van der Waals surface area contributed by atoms with Crippen LogP contribution in [-0.2, 0) is 9.59 Å². The normalized spacial score (nSPS) is 19.2. The highest BCUT2D eigenvalue weighted by Crippen LogP contribution is 2.32. The van der Waals surface area contributed by atoms with Crippen LogP contribution in [0.5, 0.6) is 5.75 Å². The molecule has 2 rings (SSSR count). The molecule has 0 radical (unpaired) electrons. The zero-order valence-electron chi connectivity index (χ0n) is 14.5. The number of esters is 1. The van der Waals surface area contributed by atoms with E-state index in [0.29, 0.717) is 24.2 Å². The van der Waals surface area contributed by atoms with Crippen LogP contribution in [0.4, 0.5) is 0 Å². The highest BCUT2D eigenvalue weighted by Gasteiger charge is 2.25. The van der Waals surface area contributed by atoms with E-state index < -0.39 is 11.4 Å². The molecule has 0 fully saturated rings. The Labute approximate surface area is 157 Å². The molecule has 2 N–H and O–H groups in total.